The van der Waals surface area contributed by atoms with E-state index in [9.17, 15) is 9.59 Å². The molecule has 0 aromatic rings. The average molecular weight is 256 g/mol. The fourth-order valence-electron chi connectivity index (χ4n) is 2.07. The van der Waals surface area contributed by atoms with E-state index >= 15 is 0 Å². The molecule has 1 unspecified atom stereocenters. The molecule has 0 radical (unpaired) electrons. The number of aliphatic carboxylic acids is 1. The fraction of sp³-hybridized carbons (Fsp3) is 0.846. The molecule has 0 heterocycles. The highest BCUT2D eigenvalue weighted by molar-refractivity contribution is 5.80. The number of carbonyl (C=O) groups is 2. The minimum atomic E-state index is -0.872. The van der Waals surface area contributed by atoms with E-state index in [4.69, 9.17) is 5.11 Å². The van der Waals surface area contributed by atoms with Crippen LogP contribution < -0.4 is 10.6 Å². The first-order valence-electron chi connectivity index (χ1n) is 6.71. The quantitative estimate of drug-likeness (QED) is 0.638. The molecule has 5 heteroatoms. The molecule has 3 N–H and O–H groups in total. The standard InChI is InChI=1S/C13H24N2O3/c1-3-13(2,12(17)18)9-15-11(16)8-14-10-6-4-5-7-10/h10,14H,3-9H2,1-2H3,(H,15,16)(H,17,18). The molecule has 1 saturated carbocycles. The monoisotopic (exact) mass is 256 g/mol. The number of carbonyl (C=O) groups excluding carboxylic acids is 1. The maximum Gasteiger partial charge on any atom is 0.311 e. The van der Waals surface area contributed by atoms with Gasteiger partial charge in [-0.2, -0.15) is 0 Å². The Morgan fingerprint density at radius 2 is 1.94 bits per heavy atom. The van der Waals surface area contributed by atoms with Crippen molar-refractivity contribution in [2.24, 2.45) is 5.41 Å². The molecule has 1 aliphatic rings. The number of carboxylic acids is 1. The molecular weight excluding hydrogens is 232 g/mol. The van der Waals surface area contributed by atoms with E-state index in [1.165, 1.54) is 12.8 Å². The SMILES string of the molecule is CCC(C)(CNC(=O)CNC1CCCC1)C(=O)O. The van der Waals surface area contributed by atoms with E-state index in [0.717, 1.165) is 12.8 Å². The zero-order valence-corrected chi connectivity index (χ0v) is 11.3. The van der Waals surface area contributed by atoms with Gasteiger partial charge in [0.1, 0.15) is 0 Å². The summed E-state index contributed by atoms with van der Waals surface area (Å²) < 4.78 is 0. The van der Waals surface area contributed by atoms with Gasteiger partial charge in [0.25, 0.3) is 0 Å². The molecule has 1 amide bonds. The van der Waals surface area contributed by atoms with E-state index in [-0.39, 0.29) is 19.0 Å². The topological polar surface area (TPSA) is 78.4 Å². The van der Waals surface area contributed by atoms with E-state index in [0.29, 0.717) is 12.5 Å². The lowest BCUT2D eigenvalue weighted by Crippen LogP contribution is -2.44. The summed E-state index contributed by atoms with van der Waals surface area (Å²) in [7, 11) is 0. The van der Waals surface area contributed by atoms with Crippen molar-refractivity contribution < 1.29 is 14.7 Å². The summed E-state index contributed by atoms with van der Waals surface area (Å²) in [5, 5.41) is 15.0. The minimum absolute atomic E-state index is 0.122. The van der Waals surface area contributed by atoms with Gasteiger partial charge >= 0.3 is 5.97 Å². The van der Waals surface area contributed by atoms with Gasteiger partial charge in [-0.1, -0.05) is 19.8 Å². The fourth-order valence-corrected chi connectivity index (χ4v) is 2.07. The van der Waals surface area contributed by atoms with Crippen LogP contribution in [-0.2, 0) is 9.59 Å². The van der Waals surface area contributed by atoms with Crippen molar-refractivity contribution in [3.05, 3.63) is 0 Å². The van der Waals surface area contributed by atoms with E-state index in [2.05, 4.69) is 10.6 Å². The second kappa shape index (κ2) is 6.73. The molecule has 0 saturated heterocycles. The van der Waals surface area contributed by atoms with Crippen LogP contribution in [0.4, 0.5) is 0 Å². The highest BCUT2D eigenvalue weighted by Gasteiger charge is 2.31. The molecule has 0 spiro atoms. The Morgan fingerprint density at radius 1 is 1.33 bits per heavy atom. The van der Waals surface area contributed by atoms with Crippen molar-refractivity contribution in [1.29, 1.82) is 0 Å². The number of nitrogens with one attached hydrogen (secondary N) is 2. The molecule has 1 fully saturated rings. The number of hydrogen-bond donors (Lipinski definition) is 3. The highest BCUT2D eigenvalue weighted by atomic mass is 16.4. The van der Waals surface area contributed by atoms with Gasteiger partial charge in [-0.3, -0.25) is 9.59 Å². The van der Waals surface area contributed by atoms with Crippen LogP contribution in [-0.4, -0.2) is 36.1 Å². The third-order valence-electron chi connectivity index (χ3n) is 3.88. The lowest BCUT2D eigenvalue weighted by atomic mass is 9.88. The van der Waals surface area contributed by atoms with Gasteiger partial charge in [0.15, 0.2) is 0 Å². The Labute approximate surface area is 108 Å². The summed E-state index contributed by atoms with van der Waals surface area (Å²) in [6.07, 6.45) is 5.22. The Kier molecular flexibility index (Phi) is 5.59. The lowest BCUT2D eigenvalue weighted by Gasteiger charge is -2.23. The Morgan fingerprint density at radius 3 is 2.44 bits per heavy atom. The molecule has 0 aromatic heterocycles. The van der Waals surface area contributed by atoms with Crippen LogP contribution in [0.15, 0.2) is 0 Å². The van der Waals surface area contributed by atoms with Crippen LogP contribution in [0, 0.1) is 5.41 Å². The smallest absolute Gasteiger partial charge is 0.311 e. The lowest BCUT2D eigenvalue weighted by molar-refractivity contribution is -0.148. The van der Waals surface area contributed by atoms with Gasteiger partial charge in [-0.15, -0.1) is 0 Å². The first-order chi connectivity index (χ1) is 8.48. The van der Waals surface area contributed by atoms with Crippen molar-refractivity contribution in [2.75, 3.05) is 13.1 Å². The second-order valence-corrected chi connectivity index (χ2v) is 5.36. The molecule has 1 atom stereocenters. The van der Waals surface area contributed by atoms with Crippen molar-refractivity contribution in [3.63, 3.8) is 0 Å². The Balaban J connectivity index is 2.25. The van der Waals surface area contributed by atoms with Crippen LogP contribution in [0.3, 0.4) is 0 Å². The first kappa shape index (κ1) is 15.0. The summed E-state index contributed by atoms with van der Waals surface area (Å²) in [6.45, 7) is 3.94. The average Bonchev–Trinajstić information content (AvgIpc) is 2.86. The van der Waals surface area contributed by atoms with Gasteiger partial charge in [-0.05, 0) is 26.2 Å². The van der Waals surface area contributed by atoms with Crippen LogP contribution in [0.1, 0.15) is 46.0 Å². The van der Waals surface area contributed by atoms with Gasteiger partial charge in [-0.25, -0.2) is 0 Å². The van der Waals surface area contributed by atoms with E-state index in [1.807, 2.05) is 6.92 Å². The largest absolute Gasteiger partial charge is 0.481 e. The molecule has 5 nitrogen and oxygen atoms in total. The molecule has 0 bridgehead atoms. The van der Waals surface area contributed by atoms with Gasteiger partial charge in [0, 0.05) is 12.6 Å². The molecule has 18 heavy (non-hydrogen) atoms. The predicted molar refractivity (Wildman–Crippen MR) is 69.3 cm³/mol. The number of amides is 1. The van der Waals surface area contributed by atoms with E-state index in [1.54, 1.807) is 6.92 Å². The van der Waals surface area contributed by atoms with Crippen LogP contribution in [0.2, 0.25) is 0 Å². The van der Waals surface area contributed by atoms with Crippen LogP contribution in [0.25, 0.3) is 0 Å². The highest BCUT2D eigenvalue weighted by Crippen LogP contribution is 2.20. The second-order valence-electron chi connectivity index (χ2n) is 5.36. The first-order valence-corrected chi connectivity index (χ1v) is 6.71. The zero-order valence-electron chi connectivity index (χ0n) is 11.3. The Hall–Kier alpha value is -1.10. The van der Waals surface area contributed by atoms with Crippen molar-refractivity contribution in [2.45, 2.75) is 52.0 Å². The third kappa shape index (κ3) is 4.29. The molecular formula is C13H24N2O3. The molecule has 1 aliphatic carbocycles. The molecule has 104 valence electrons. The molecule has 0 aromatic carbocycles. The summed E-state index contributed by atoms with van der Waals surface area (Å²) in [4.78, 5) is 22.7. The maximum atomic E-state index is 11.6. The normalized spacial score (nSPS) is 19.4. The van der Waals surface area contributed by atoms with Gasteiger partial charge in [0.2, 0.25) is 5.91 Å². The van der Waals surface area contributed by atoms with Crippen molar-refractivity contribution >= 4 is 11.9 Å². The number of carboxylic acid groups (broad SMARTS) is 1. The summed E-state index contributed by atoms with van der Waals surface area (Å²) in [5.41, 5.74) is -0.872. The van der Waals surface area contributed by atoms with E-state index < -0.39 is 11.4 Å². The number of rotatable bonds is 7. The number of hydrogen-bond acceptors (Lipinski definition) is 3. The van der Waals surface area contributed by atoms with Gasteiger partial charge < -0.3 is 15.7 Å². The van der Waals surface area contributed by atoms with Crippen molar-refractivity contribution in [1.82, 2.24) is 10.6 Å². The van der Waals surface area contributed by atoms with Crippen molar-refractivity contribution in [3.8, 4) is 0 Å². The van der Waals surface area contributed by atoms with Crippen LogP contribution >= 0.6 is 0 Å². The maximum absolute atomic E-state index is 11.6. The third-order valence-corrected chi connectivity index (χ3v) is 3.88. The molecule has 0 aliphatic heterocycles. The predicted octanol–water partition coefficient (Wildman–Crippen LogP) is 1.14. The molecule has 1 rings (SSSR count). The summed E-state index contributed by atoms with van der Waals surface area (Å²) in [5.74, 6) is -0.989. The Bertz CT molecular complexity index is 301. The zero-order chi connectivity index (χ0) is 13.6. The van der Waals surface area contributed by atoms with Crippen LogP contribution in [0.5, 0.6) is 0 Å². The summed E-state index contributed by atoms with van der Waals surface area (Å²) >= 11 is 0. The minimum Gasteiger partial charge on any atom is -0.481 e. The van der Waals surface area contributed by atoms with Gasteiger partial charge in [0.05, 0.1) is 12.0 Å². The summed E-state index contributed by atoms with van der Waals surface area (Å²) in [6, 6.07) is 0.452.